The first-order valence-corrected chi connectivity index (χ1v) is 5.23. The molecule has 1 rings (SSSR count). The molecule has 1 heteroatoms. The van der Waals surface area contributed by atoms with Crippen LogP contribution in [0.5, 0.6) is 0 Å². The highest BCUT2D eigenvalue weighted by molar-refractivity contribution is 5.15. The van der Waals surface area contributed by atoms with Crippen LogP contribution in [0, 0.1) is 23.7 Å². The molecular weight excluding hydrogens is 163 g/mol. The van der Waals surface area contributed by atoms with E-state index >= 15 is 0 Å². The van der Waals surface area contributed by atoms with E-state index in [1.165, 1.54) is 0 Å². The quantitative estimate of drug-likeness (QED) is 0.544. The van der Waals surface area contributed by atoms with Crippen LogP contribution in [0.2, 0.25) is 0 Å². The second-order valence-electron chi connectivity index (χ2n) is 4.47. The maximum atomic E-state index is 14.1. The molecule has 1 aliphatic carbocycles. The second kappa shape index (κ2) is 4.13. The summed E-state index contributed by atoms with van der Waals surface area (Å²) in [6.45, 7) is 5.81. The minimum Gasteiger partial charge on any atom is -0.230 e. The predicted octanol–water partition coefficient (Wildman–Crippen LogP) is 3.56. The molecule has 0 aromatic rings. The van der Waals surface area contributed by atoms with Crippen LogP contribution >= 0.6 is 0 Å². The summed E-state index contributed by atoms with van der Waals surface area (Å²) in [5.41, 5.74) is -1.27. The molecule has 0 N–H and O–H groups in total. The van der Waals surface area contributed by atoms with Crippen LogP contribution in [-0.2, 0) is 0 Å². The molecular formula is C12H19F. The number of rotatable bonds is 1. The molecule has 0 aromatic carbocycles. The molecule has 0 spiro atoms. The first kappa shape index (κ1) is 10.6. The van der Waals surface area contributed by atoms with Gasteiger partial charge in [-0.05, 0) is 25.7 Å². The Morgan fingerprint density at radius 2 is 2.08 bits per heavy atom. The average Bonchev–Trinajstić information content (AvgIpc) is 1.97. The lowest BCUT2D eigenvalue weighted by Gasteiger charge is -2.30. The minimum absolute atomic E-state index is 0.111. The third-order valence-electron chi connectivity index (χ3n) is 2.90. The lowest BCUT2D eigenvalue weighted by atomic mass is 9.78. The minimum atomic E-state index is -1.27. The lowest BCUT2D eigenvalue weighted by Crippen LogP contribution is -2.32. The Bertz CT molecular complexity index is 217. The van der Waals surface area contributed by atoms with Crippen LogP contribution in [0.1, 0.15) is 46.5 Å². The van der Waals surface area contributed by atoms with Gasteiger partial charge in [0.1, 0.15) is 0 Å². The summed E-state index contributed by atoms with van der Waals surface area (Å²) >= 11 is 0. The summed E-state index contributed by atoms with van der Waals surface area (Å²) < 4.78 is 14.1. The van der Waals surface area contributed by atoms with E-state index in [0.717, 1.165) is 25.7 Å². The molecule has 0 radical (unpaired) electrons. The summed E-state index contributed by atoms with van der Waals surface area (Å²) in [5.74, 6) is 6.22. The van der Waals surface area contributed by atoms with E-state index in [1.807, 2.05) is 0 Å². The topological polar surface area (TPSA) is 0 Å². The van der Waals surface area contributed by atoms with Gasteiger partial charge in [0.05, 0.1) is 0 Å². The number of halogens is 1. The molecule has 2 atom stereocenters. The van der Waals surface area contributed by atoms with Gasteiger partial charge in [0.25, 0.3) is 0 Å². The molecule has 0 aromatic heterocycles. The van der Waals surface area contributed by atoms with Gasteiger partial charge in [0.15, 0.2) is 5.67 Å². The molecule has 0 saturated carbocycles. The fourth-order valence-electron chi connectivity index (χ4n) is 2.14. The SMILES string of the molecule is CC(C)C1CCCCC#CC1(C)F. The number of hydrogen-bond donors (Lipinski definition) is 0. The fourth-order valence-corrected chi connectivity index (χ4v) is 2.14. The standard InChI is InChI=1S/C12H19F/c1-10(2)11-8-6-4-5-7-9-12(11,3)13/h10-11H,4-6,8H2,1-3H3. The molecule has 13 heavy (non-hydrogen) atoms. The monoisotopic (exact) mass is 182 g/mol. The zero-order valence-electron chi connectivity index (χ0n) is 8.86. The van der Waals surface area contributed by atoms with Gasteiger partial charge in [0, 0.05) is 12.3 Å². The second-order valence-corrected chi connectivity index (χ2v) is 4.47. The summed E-state index contributed by atoms with van der Waals surface area (Å²) in [6.07, 6.45) is 4.10. The molecule has 0 saturated heterocycles. The maximum absolute atomic E-state index is 14.1. The first-order valence-electron chi connectivity index (χ1n) is 5.23. The van der Waals surface area contributed by atoms with Gasteiger partial charge < -0.3 is 0 Å². The van der Waals surface area contributed by atoms with E-state index in [4.69, 9.17) is 0 Å². The number of hydrogen-bond acceptors (Lipinski definition) is 0. The highest BCUT2D eigenvalue weighted by Gasteiger charge is 2.34. The van der Waals surface area contributed by atoms with Crippen LogP contribution in [0.15, 0.2) is 0 Å². The van der Waals surface area contributed by atoms with Crippen LogP contribution in [-0.4, -0.2) is 5.67 Å². The predicted molar refractivity (Wildman–Crippen MR) is 54.1 cm³/mol. The molecule has 0 amide bonds. The highest BCUT2D eigenvalue weighted by atomic mass is 19.1. The zero-order valence-corrected chi connectivity index (χ0v) is 8.86. The third kappa shape index (κ3) is 2.72. The van der Waals surface area contributed by atoms with Gasteiger partial charge in [0.2, 0.25) is 0 Å². The summed E-state index contributed by atoms with van der Waals surface area (Å²) in [6, 6.07) is 0. The highest BCUT2D eigenvalue weighted by Crippen LogP contribution is 2.33. The Hall–Kier alpha value is -0.510. The Morgan fingerprint density at radius 1 is 1.38 bits per heavy atom. The van der Waals surface area contributed by atoms with E-state index < -0.39 is 5.67 Å². The summed E-state index contributed by atoms with van der Waals surface area (Å²) in [4.78, 5) is 0. The molecule has 1 aliphatic rings. The van der Waals surface area contributed by atoms with Crippen molar-refractivity contribution in [3.63, 3.8) is 0 Å². The van der Waals surface area contributed by atoms with Crippen molar-refractivity contribution in [2.24, 2.45) is 11.8 Å². The van der Waals surface area contributed by atoms with E-state index in [2.05, 4.69) is 25.7 Å². The van der Waals surface area contributed by atoms with Crippen LogP contribution in [0.25, 0.3) is 0 Å². The molecule has 0 bridgehead atoms. The van der Waals surface area contributed by atoms with Crippen LogP contribution < -0.4 is 0 Å². The van der Waals surface area contributed by atoms with Gasteiger partial charge in [-0.2, -0.15) is 0 Å². The van der Waals surface area contributed by atoms with Gasteiger partial charge in [-0.3, -0.25) is 0 Å². The van der Waals surface area contributed by atoms with Gasteiger partial charge in [-0.15, -0.1) is 0 Å². The third-order valence-corrected chi connectivity index (χ3v) is 2.90. The summed E-state index contributed by atoms with van der Waals surface area (Å²) in [7, 11) is 0. The van der Waals surface area contributed by atoms with Crippen molar-refractivity contribution >= 4 is 0 Å². The van der Waals surface area contributed by atoms with Crippen molar-refractivity contribution < 1.29 is 4.39 Å². The first-order chi connectivity index (χ1) is 6.04. The zero-order chi connectivity index (χ0) is 9.90. The van der Waals surface area contributed by atoms with Crippen molar-refractivity contribution in [2.75, 3.05) is 0 Å². The molecule has 0 heterocycles. The summed E-state index contributed by atoms with van der Waals surface area (Å²) in [5, 5.41) is 0. The van der Waals surface area contributed by atoms with Crippen molar-refractivity contribution in [2.45, 2.75) is 52.1 Å². The van der Waals surface area contributed by atoms with Gasteiger partial charge in [-0.25, -0.2) is 4.39 Å². The Morgan fingerprint density at radius 3 is 2.69 bits per heavy atom. The molecule has 74 valence electrons. The normalized spacial score (nSPS) is 34.7. The van der Waals surface area contributed by atoms with E-state index in [0.29, 0.717) is 5.92 Å². The van der Waals surface area contributed by atoms with Crippen molar-refractivity contribution in [1.29, 1.82) is 0 Å². The van der Waals surface area contributed by atoms with Gasteiger partial charge in [-0.1, -0.05) is 32.1 Å². The Kier molecular flexibility index (Phi) is 3.36. The Balaban J connectivity index is 2.81. The molecule has 0 fully saturated rings. The molecule has 0 nitrogen and oxygen atoms in total. The largest absolute Gasteiger partial charge is 0.230 e. The van der Waals surface area contributed by atoms with E-state index in [9.17, 15) is 4.39 Å². The van der Waals surface area contributed by atoms with E-state index in [1.54, 1.807) is 6.92 Å². The van der Waals surface area contributed by atoms with Crippen LogP contribution in [0.3, 0.4) is 0 Å². The maximum Gasteiger partial charge on any atom is 0.171 e. The average molecular weight is 182 g/mol. The fraction of sp³-hybridized carbons (Fsp3) is 0.833. The smallest absolute Gasteiger partial charge is 0.171 e. The van der Waals surface area contributed by atoms with Gasteiger partial charge >= 0.3 is 0 Å². The van der Waals surface area contributed by atoms with Crippen LogP contribution in [0.4, 0.5) is 4.39 Å². The van der Waals surface area contributed by atoms with Crippen molar-refractivity contribution in [1.82, 2.24) is 0 Å². The lowest BCUT2D eigenvalue weighted by molar-refractivity contribution is 0.118. The number of alkyl halides is 1. The van der Waals surface area contributed by atoms with Crippen molar-refractivity contribution in [3.05, 3.63) is 0 Å². The van der Waals surface area contributed by atoms with E-state index in [-0.39, 0.29) is 5.92 Å². The Labute approximate surface area is 80.9 Å². The molecule has 0 aliphatic heterocycles. The van der Waals surface area contributed by atoms with Crippen molar-refractivity contribution in [3.8, 4) is 11.8 Å². The molecule has 2 unspecified atom stereocenters.